The van der Waals surface area contributed by atoms with E-state index in [1.54, 1.807) is 23.9 Å². The molecule has 1 unspecified atom stereocenters. The highest BCUT2D eigenvalue weighted by molar-refractivity contribution is 9.10. The number of nitrogens with one attached hydrogen (secondary N) is 1. The fourth-order valence-electron chi connectivity index (χ4n) is 2.01. The van der Waals surface area contributed by atoms with Gasteiger partial charge in [0.15, 0.2) is 0 Å². The lowest BCUT2D eigenvalue weighted by Gasteiger charge is -2.16. The second kappa shape index (κ2) is 7.92. The quantitative estimate of drug-likeness (QED) is 0.741. The van der Waals surface area contributed by atoms with Gasteiger partial charge in [0.1, 0.15) is 11.6 Å². The molecule has 5 heteroatoms. The lowest BCUT2D eigenvalue weighted by molar-refractivity contribution is 0.601. The molecule has 0 radical (unpaired) electrons. The van der Waals surface area contributed by atoms with Gasteiger partial charge in [-0.1, -0.05) is 22.0 Å². The zero-order chi connectivity index (χ0) is 15.2. The largest absolute Gasteiger partial charge is 0.316 e. The average molecular weight is 372 g/mol. The van der Waals surface area contributed by atoms with Crippen LogP contribution in [0.1, 0.15) is 5.56 Å². The molecule has 0 bridgehead atoms. The summed E-state index contributed by atoms with van der Waals surface area (Å²) in [7, 11) is 1.88. The van der Waals surface area contributed by atoms with E-state index in [4.69, 9.17) is 0 Å². The molecule has 2 aromatic rings. The second-order valence-corrected chi connectivity index (χ2v) is 6.74. The Morgan fingerprint density at radius 2 is 1.95 bits per heavy atom. The highest BCUT2D eigenvalue weighted by Gasteiger charge is 2.10. The number of likely N-dealkylation sites (N-methyl/N-ethyl adjacent to an activating group) is 1. The Morgan fingerprint density at radius 1 is 1.14 bits per heavy atom. The van der Waals surface area contributed by atoms with Crippen LogP contribution >= 0.6 is 27.7 Å². The molecule has 1 N–H and O–H groups in total. The van der Waals surface area contributed by atoms with E-state index in [1.165, 1.54) is 18.2 Å². The summed E-state index contributed by atoms with van der Waals surface area (Å²) >= 11 is 4.89. The number of halogens is 3. The fraction of sp³-hybridized carbons (Fsp3) is 0.250. The van der Waals surface area contributed by atoms with Gasteiger partial charge in [-0.05, 0) is 55.4 Å². The first-order chi connectivity index (χ1) is 10.1. The Morgan fingerprint density at radius 3 is 2.62 bits per heavy atom. The Balaban J connectivity index is 1.96. The van der Waals surface area contributed by atoms with E-state index in [-0.39, 0.29) is 17.7 Å². The molecular weight excluding hydrogens is 356 g/mol. The molecule has 1 atom stereocenters. The Hall–Kier alpha value is -0.910. The summed E-state index contributed by atoms with van der Waals surface area (Å²) in [6, 6.07) is 11.6. The van der Waals surface area contributed by atoms with Crippen LogP contribution in [0.2, 0.25) is 0 Å². The number of hydrogen-bond donors (Lipinski definition) is 1. The fourth-order valence-corrected chi connectivity index (χ4v) is 3.57. The average Bonchev–Trinajstić information content (AvgIpc) is 2.42. The van der Waals surface area contributed by atoms with Crippen molar-refractivity contribution in [1.29, 1.82) is 0 Å². The van der Waals surface area contributed by atoms with Crippen LogP contribution in [-0.4, -0.2) is 18.8 Å². The molecule has 0 aliphatic rings. The van der Waals surface area contributed by atoms with Gasteiger partial charge in [-0.3, -0.25) is 0 Å². The van der Waals surface area contributed by atoms with Crippen molar-refractivity contribution in [2.75, 3.05) is 12.8 Å². The topological polar surface area (TPSA) is 12.0 Å². The second-order valence-electron chi connectivity index (χ2n) is 4.74. The van der Waals surface area contributed by atoms with Crippen molar-refractivity contribution in [3.8, 4) is 0 Å². The zero-order valence-corrected chi connectivity index (χ0v) is 14.0. The van der Waals surface area contributed by atoms with E-state index in [0.717, 1.165) is 27.1 Å². The van der Waals surface area contributed by atoms with Gasteiger partial charge in [-0.2, -0.15) is 0 Å². The molecule has 0 saturated heterocycles. The van der Waals surface area contributed by atoms with Gasteiger partial charge in [-0.25, -0.2) is 8.78 Å². The smallest absolute Gasteiger partial charge is 0.124 e. The van der Waals surface area contributed by atoms with Gasteiger partial charge in [-0.15, -0.1) is 11.8 Å². The lowest BCUT2D eigenvalue weighted by atomic mass is 10.1. The number of hydrogen-bond acceptors (Lipinski definition) is 2. The summed E-state index contributed by atoms with van der Waals surface area (Å²) < 4.78 is 27.3. The highest BCUT2D eigenvalue weighted by Crippen LogP contribution is 2.22. The van der Waals surface area contributed by atoms with Crippen LogP contribution in [0, 0.1) is 11.6 Å². The van der Waals surface area contributed by atoms with Crippen LogP contribution in [0.3, 0.4) is 0 Å². The van der Waals surface area contributed by atoms with Crippen molar-refractivity contribution in [2.24, 2.45) is 0 Å². The summed E-state index contributed by atoms with van der Waals surface area (Å²) in [4.78, 5) is 0.899. The standard InChI is InChI=1S/C16H16BrF2NS/c1-20-15(7-11-5-12(17)8-14(19)6-11)10-21-16-4-2-3-13(18)9-16/h2-6,8-9,15,20H,7,10H2,1H3. The maximum Gasteiger partial charge on any atom is 0.124 e. The third kappa shape index (κ3) is 5.41. The van der Waals surface area contributed by atoms with Crippen molar-refractivity contribution < 1.29 is 8.78 Å². The minimum absolute atomic E-state index is 0.187. The molecule has 2 aromatic carbocycles. The van der Waals surface area contributed by atoms with Crippen LogP contribution in [0.4, 0.5) is 8.78 Å². The predicted octanol–water partition coefficient (Wildman–Crippen LogP) is 4.65. The molecular formula is C16H16BrF2NS. The van der Waals surface area contributed by atoms with Gasteiger partial charge >= 0.3 is 0 Å². The van der Waals surface area contributed by atoms with Crippen LogP contribution in [0.5, 0.6) is 0 Å². The summed E-state index contributed by atoms with van der Waals surface area (Å²) in [5.74, 6) is 0.316. The minimum atomic E-state index is -0.244. The van der Waals surface area contributed by atoms with E-state index in [0.29, 0.717) is 0 Å². The zero-order valence-electron chi connectivity index (χ0n) is 11.6. The summed E-state index contributed by atoms with van der Waals surface area (Å²) in [6.45, 7) is 0. The normalized spacial score (nSPS) is 12.4. The first-order valence-electron chi connectivity index (χ1n) is 6.57. The van der Waals surface area contributed by atoms with E-state index in [9.17, 15) is 8.78 Å². The van der Waals surface area contributed by atoms with Gasteiger partial charge in [0.2, 0.25) is 0 Å². The molecule has 112 valence electrons. The van der Waals surface area contributed by atoms with Crippen LogP contribution < -0.4 is 5.32 Å². The molecule has 21 heavy (non-hydrogen) atoms. The predicted molar refractivity (Wildman–Crippen MR) is 87.8 cm³/mol. The Bertz CT molecular complexity index is 586. The van der Waals surface area contributed by atoms with Gasteiger partial charge < -0.3 is 5.32 Å². The molecule has 0 aliphatic heterocycles. The SMILES string of the molecule is CNC(CSc1cccc(F)c1)Cc1cc(F)cc(Br)c1. The summed E-state index contributed by atoms with van der Waals surface area (Å²) in [5.41, 5.74) is 0.932. The molecule has 0 spiro atoms. The van der Waals surface area contributed by atoms with E-state index < -0.39 is 0 Å². The molecule has 0 aliphatic carbocycles. The number of rotatable bonds is 6. The molecule has 1 nitrogen and oxygen atoms in total. The molecule has 0 saturated carbocycles. The molecule has 0 amide bonds. The van der Waals surface area contributed by atoms with Crippen molar-refractivity contribution in [2.45, 2.75) is 17.4 Å². The molecule has 0 aromatic heterocycles. The highest BCUT2D eigenvalue weighted by atomic mass is 79.9. The van der Waals surface area contributed by atoms with Crippen molar-refractivity contribution in [1.82, 2.24) is 5.32 Å². The number of thioether (sulfide) groups is 1. The van der Waals surface area contributed by atoms with Crippen molar-refractivity contribution in [3.05, 3.63) is 64.1 Å². The van der Waals surface area contributed by atoms with Crippen molar-refractivity contribution >= 4 is 27.7 Å². The minimum Gasteiger partial charge on any atom is -0.316 e. The van der Waals surface area contributed by atoms with E-state index in [1.807, 2.05) is 19.2 Å². The Kier molecular flexibility index (Phi) is 6.21. The maximum absolute atomic E-state index is 13.4. The maximum atomic E-state index is 13.4. The van der Waals surface area contributed by atoms with Crippen molar-refractivity contribution in [3.63, 3.8) is 0 Å². The lowest BCUT2D eigenvalue weighted by Crippen LogP contribution is -2.30. The molecule has 0 heterocycles. The van der Waals surface area contributed by atoms with E-state index >= 15 is 0 Å². The number of benzene rings is 2. The van der Waals surface area contributed by atoms with Gasteiger partial charge in [0, 0.05) is 21.2 Å². The Labute approximate surface area is 136 Å². The summed E-state index contributed by atoms with van der Waals surface area (Å²) in [6.07, 6.45) is 0.717. The summed E-state index contributed by atoms with van der Waals surface area (Å²) in [5, 5.41) is 3.22. The third-order valence-electron chi connectivity index (χ3n) is 3.06. The van der Waals surface area contributed by atoms with Gasteiger partial charge in [0.25, 0.3) is 0 Å². The van der Waals surface area contributed by atoms with Crippen LogP contribution in [0.25, 0.3) is 0 Å². The van der Waals surface area contributed by atoms with Gasteiger partial charge in [0.05, 0.1) is 0 Å². The molecule has 0 fully saturated rings. The first-order valence-corrected chi connectivity index (χ1v) is 8.35. The van der Waals surface area contributed by atoms with Crippen LogP contribution in [-0.2, 0) is 6.42 Å². The first kappa shape index (κ1) is 16.5. The monoisotopic (exact) mass is 371 g/mol. The van der Waals surface area contributed by atoms with E-state index in [2.05, 4.69) is 21.2 Å². The third-order valence-corrected chi connectivity index (χ3v) is 4.67. The van der Waals surface area contributed by atoms with Crippen LogP contribution in [0.15, 0.2) is 51.8 Å². The molecule has 2 rings (SSSR count).